The van der Waals surface area contributed by atoms with E-state index in [0.717, 1.165) is 24.6 Å². The molecule has 2 aromatic rings. The lowest BCUT2D eigenvalue weighted by atomic mass is 10.1. The summed E-state index contributed by atoms with van der Waals surface area (Å²) in [5.74, 6) is 0. The van der Waals surface area contributed by atoms with Crippen LogP contribution >= 0.6 is 0 Å². The summed E-state index contributed by atoms with van der Waals surface area (Å²) in [6.45, 7) is 2.33. The van der Waals surface area contributed by atoms with Gasteiger partial charge >= 0.3 is 0 Å². The van der Waals surface area contributed by atoms with Crippen LogP contribution in [0.1, 0.15) is 26.2 Å². The van der Waals surface area contributed by atoms with Gasteiger partial charge in [-0.25, -0.2) is 13.1 Å². The Morgan fingerprint density at radius 2 is 2.10 bits per heavy atom. The zero-order chi connectivity index (χ0) is 14.6. The topological polar surface area (TPSA) is 85.3 Å². The highest BCUT2D eigenvalue weighted by Gasteiger charge is 2.22. The van der Waals surface area contributed by atoms with E-state index in [9.17, 15) is 8.42 Å². The van der Waals surface area contributed by atoms with Gasteiger partial charge in [0.25, 0.3) is 10.0 Å². The maximum absolute atomic E-state index is 12.3. The van der Waals surface area contributed by atoms with Gasteiger partial charge in [0.15, 0.2) is 0 Å². The average molecular weight is 296 g/mol. The molecule has 6 heteroatoms. The van der Waals surface area contributed by atoms with Crippen molar-refractivity contribution in [3.63, 3.8) is 0 Å². The molecule has 0 aliphatic carbocycles. The predicted molar refractivity (Wildman–Crippen MR) is 78.9 cm³/mol. The Balaban J connectivity index is 2.20. The summed E-state index contributed by atoms with van der Waals surface area (Å²) in [4.78, 5) is 0. The van der Waals surface area contributed by atoms with Gasteiger partial charge in [0.05, 0.1) is 0 Å². The number of furan rings is 1. The number of fused-ring (bicyclic) bond motifs is 1. The van der Waals surface area contributed by atoms with Gasteiger partial charge in [-0.2, -0.15) is 0 Å². The van der Waals surface area contributed by atoms with Gasteiger partial charge in [0.2, 0.25) is 5.09 Å². The fourth-order valence-corrected chi connectivity index (χ4v) is 3.29. The second kappa shape index (κ2) is 6.39. The lowest BCUT2D eigenvalue weighted by molar-refractivity contribution is 0.461. The van der Waals surface area contributed by atoms with Crippen LogP contribution in [0.15, 0.2) is 39.8 Å². The van der Waals surface area contributed by atoms with E-state index in [1.807, 2.05) is 12.1 Å². The van der Waals surface area contributed by atoms with Crippen LogP contribution < -0.4 is 10.5 Å². The monoisotopic (exact) mass is 296 g/mol. The molecular formula is C14H20N2O3S. The first-order chi connectivity index (χ1) is 9.56. The van der Waals surface area contributed by atoms with Gasteiger partial charge in [0.1, 0.15) is 5.58 Å². The van der Waals surface area contributed by atoms with Gasteiger partial charge in [-0.05, 0) is 12.5 Å². The van der Waals surface area contributed by atoms with E-state index in [-0.39, 0.29) is 17.7 Å². The van der Waals surface area contributed by atoms with Crippen molar-refractivity contribution < 1.29 is 12.8 Å². The Bertz CT molecular complexity index is 631. The Labute approximate surface area is 119 Å². The Morgan fingerprint density at radius 3 is 2.75 bits per heavy atom. The minimum atomic E-state index is -3.66. The Hall–Kier alpha value is -1.37. The number of para-hydroxylation sites is 1. The van der Waals surface area contributed by atoms with E-state index in [2.05, 4.69) is 11.6 Å². The first-order valence-electron chi connectivity index (χ1n) is 6.78. The average Bonchev–Trinajstić information content (AvgIpc) is 2.88. The number of hydrogen-bond acceptors (Lipinski definition) is 4. The Morgan fingerprint density at radius 1 is 1.35 bits per heavy atom. The molecule has 5 nitrogen and oxygen atoms in total. The molecule has 1 atom stereocenters. The van der Waals surface area contributed by atoms with Crippen molar-refractivity contribution in [2.24, 2.45) is 5.73 Å². The first-order valence-corrected chi connectivity index (χ1v) is 8.26. The van der Waals surface area contributed by atoms with Gasteiger partial charge < -0.3 is 10.2 Å². The molecule has 1 unspecified atom stereocenters. The molecule has 1 heterocycles. The summed E-state index contributed by atoms with van der Waals surface area (Å²) in [6.07, 6.45) is 2.67. The summed E-state index contributed by atoms with van der Waals surface area (Å²) >= 11 is 0. The van der Waals surface area contributed by atoms with Gasteiger partial charge in [-0.15, -0.1) is 0 Å². The maximum atomic E-state index is 12.3. The smallest absolute Gasteiger partial charge is 0.274 e. The van der Waals surface area contributed by atoms with Crippen molar-refractivity contribution in [3.05, 3.63) is 30.3 Å². The van der Waals surface area contributed by atoms with Crippen LogP contribution in [0.3, 0.4) is 0 Å². The molecule has 1 aromatic carbocycles. The zero-order valence-corrected chi connectivity index (χ0v) is 12.3. The highest BCUT2D eigenvalue weighted by Crippen LogP contribution is 2.22. The number of rotatable bonds is 7. The highest BCUT2D eigenvalue weighted by atomic mass is 32.2. The van der Waals surface area contributed by atoms with E-state index < -0.39 is 10.0 Å². The van der Waals surface area contributed by atoms with Crippen LogP contribution in [-0.2, 0) is 10.0 Å². The molecule has 0 saturated carbocycles. The molecule has 0 aliphatic rings. The minimum Gasteiger partial charge on any atom is -0.443 e. The summed E-state index contributed by atoms with van der Waals surface area (Å²) in [6, 6.07) is 8.48. The molecule has 110 valence electrons. The van der Waals surface area contributed by atoms with Crippen molar-refractivity contribution in [2.45, 2.75) is 37.3 Å². The van der Waals surface area contributed by atoms with E-state index in [1.165, 1.54) is 6.07 Å². The fourth-order valence-electron chi connectivity index (χ4n) is 2.04. The standard InChI is InChI=1S/C14H20N2O3S/c1-2-3-7-12(10-15)16-20(17,18)14-9-11-6-4-5-8-13(11)19-14/h4-6,8-9,12,16H,2-3,7,10,15H2,1H3. The molecule has 0 bridgehead atoms. The summed E-state index contributed by atoms with van der Waals surface area (Å²) in [5, 5.41) is 0.708. The van der Waals surface area contributed by atoms with Crippen LogP contribution in [0.25, 0.3) is 11.0 Å². The highest BCUT2D eigenvalue weighted by molar-refractivity contribution is 7.89. The van der Waals surface area contributed by atoms with E-state index in [0.29, 0.717) is 5.58 Å². The molecule has 0 fully saturated rings. The van der Waals surface area contributed by atoms with Gasteiger partial charge in [-0.1, -0.05) is 38.0 Å². The molecular weight excluding hydrogens is 276 g/mol. The maximum Gasteiger partial charge on any atom is 0.274 e. The summed E-state index contributed by atoms with van der Waals surface area (Å²) in [5.41, 5.74) is 6.18. The van der Waals surface area contributed by atoms with Crippen LogP contribution in [0.2, 0.25) is 0 Å². The number of nitrogens with two attached hydrogens (primary N) is 1. The van der Waals surface area contributed by atoms with Crippen LogP contribution in [0, 0.1) is 0 Å². The number of unbranched alkanes of at least 4 members (excludes halogenated alkanes) is 1. The molecule has 0 aliphatic heterocycles. The molecule has 0 radical (unpaired) electrons. The SMILES string of the molecule is CCCCC(CN)NS(=O)(=O)c1cc2ccccc2o1. The second-order valence-electron chi connectivity index (χ2n) is 4.80. The van der Waals surface area contributed by atoms with E-state index in [1.54, 1.807) is 12.1 Å². The van der Waals surface area contributed by atoms with Crippen LogP contribution in [0.4, 0.5) is 0 Å². The van der Waals surface area contributed by atoms with E-state index >= 15 is 0 Å². The number of nitrogens with one attached hydrogen (secondary N) is 1. The number of hydrogen-bond donors (Lipinski definition) is 2. The first kappa shape index (κ1) is 15.0. The molecule has 1 aromatic heterocycles. The van der Waals surface area contributed by atoms with Crippen molar-refractivity contribution >= 4 is 21.0 Å². The number of benzene rings is 1. The predicted octanol–water partition coefficient (Wildman–Crippen LogP) is 2.23. The van der Waals surface area contributed by atoms with Crippen molar-refractivity contribution in [2.75, 3.05) is 6.54 Å². The Kier molecular flexibility index (Phi) is 4.80. The molecule has 3 N–H and O–H groups in total. The van der Waals surface area contributed by atoms with Crippen LogP contribution in [-0.4, -0.2) is 21.0 Å². The third-order valence-corrected chi connectivity index (χ3v) is 4.55. The largest absolute Gasteiger partial charge is 0.443 e. The fraction of sp³-hybridized carbons (Fsp3) is 0.429. The van der Waals surface area contributed by atoms with Crippen molar-refractivity contribution in [1.29, 1.82) is 0 Å². The summed E-state index contributed by atoms with van der Waals surface area (Å²) < 4.78 is 32.5. The minimum absolute atomic E-state index is 0.0614. The quantitative estimate of drug-likeness (QED) is 0.820. The molecule has 2 rings (SSSR count). The molecule has 0 amide bonds. The second-order valence-corrected chi connectivity index (χ2v) is 6.44. The normalized spacial score (nSPS) is 13.7. The van der Waals surface area contributed by atoms with Crippen molar-refractivity contribution in [1.82, 2.24) is 4.72 Å². The van der Waals surface area contributed by atoms with Gasteiger partial charge in [-0.3, -0.25) is 0 Å². The lowest BCUT2D eigenvalue weighted by Crippen LogP contribution is -2.39. The van der Waals surface area contributed by atoms with Crippen LogP contribution in [0.5, 0.6) is 0 Å². The summed E-state index contributed by atoms with van der Waals surface area (Å²) in [7, 11) is -3.66. The zero-order valence-electron chi connectivity index (χ0n) is 11.5. The van der Waals surface area contributed by atoms with Gasteiger partial charge in [0, 0.05) is 24.0 Å². The third-order valence-electron chi connectivity index (χ3n) is 3.18. The lowest BCUT2D eigenvalue weighted by Gasteiger charge is -2.15. The molecule has 0 saturated heterocycles. The van der Waals surface area contributed by atoms with E-state index in [4.69, 9.17) is 10.2 Å². The van der Waals surface area contributed by atoms with Crippen molar-refractivity contribution in [3.8, 4) is 0 Å². The third kappa shape index (κ3) is 3.39. The molecule has 20 heavy (non-hydrogen) atoms. The number of sulfonamides is 1. The molecule has 0 spiro atoms.